The van der Waals surface area contributed by atoms with E-state index < -0.39 is 24.6 Å². The number of nitrogens with two attached hydrogens (primary N) is 1. The number of primary amides is 1. The van der Waals surface area contributed by atoms with Crippen LogP contribution in [0.3, 0.4) is 0 Å². The molecule has 2 N–H and O–H groups in total. The Balaban J connectivity index is 2.92. The third-order valence-electron chi connectivity index (χ3n) is 2.30. The summed E-state index contributed by atoms with van der Waals surface area (Å²) in [5.41, 5.74) is 4.96. The smallest absolute Gasteiger partial charge is 0.387 e. The highest BCUT2D eigenvalue weighted by Crippen LogP contribution is 2.29. The molecule has 0 saturated carbocycles. The maximum Gasteiger partial charge on any atom is 0.387 e. The van der Waals surface area contributed by atoms with Gasteiger partial charge in [-0.05, 0) is 25.1 Å². The summed E-state index contributed by atoms with van der Waals surface area (Å²) in [6.07, 6.45) is -1.11. The van der Waals surface area contributed by atoms with Crippen LogP contribution in [0.5, 0.6) is 11.5 Å². The molecule has 0 bridgehead atoms. The lowest BCUT2D eigenvalue weighted by atomic mass is 10.2. The number of rotatable bonds is 6. The van der Waals surface area contributed by atoms with E-state index in [-0.39, 0.29) is 17.1 Å². The topological polar surface area (TPSA) is 87.9 Å². The van der Waals surface area contributed by atoms with Crippen molar-refractivity contribution < 1.29 is 32.6 Å². The van der Waals surface area contributed by atoms with Gasteiger partial charge in [0, 0.05) is 0 Å². The number of ether oxygens (including phenoxy) is 3. The minimum Gasteiger partial charge on any atom is -0.493 e. The highest BCUT2D eigenvalue weighted by molar-refractivity contribution is 5.92. The zero-order valence-corrected chi connectivity index (χ0v) is 10.8. The molecule has 0 heterocycles. The van der Waals surface area contributed by atoms with Crippen LogP contribution in [0.1, 0.15) is 17.3 Å². The molecule has 0 spiro atoms. The molecule has 8 heteroatoms. The van der Waals surface area contributed by atoms with Crippen molar-refractivity contribution >= 4 is 11.9 Å². The molecular weight excluding hydrogens is 276 g/mol. The Kier molecular flexibility index (Phi) is 5.24. The van der Waals surface area contributed by atoms with Gasteiger partial charge in [-0.15, -0.1) is 0 Å². The van der Waals surface area contributed by atoms with E-state index >= 15 is 0 Å². The van der Waals surface area contributed by atoms with Crippen molar-refractivity contribution in [2.75, 3.05) is 7.11 Å². The molecule has 0 aliphatic rings. The first-order chi connectivity index (χ1) is 9.35. The molecule has 20 heavy (non-hydrogen) atoms. The molecular formula is C12H13F2NO5. The summed E-state index contributed by atoms with van der Waals surface area (Å²) in [4.78, 5) is 22.5. The number of alkyl halides is 2. The molecule has 0 fully saturated rings. The van der Waals surface area contributed by atoms with Crippen LogP contribution in [-0.4, -0.2) is 31.7 Å². The van der Waals surface area contributed by atoms with E-state index in [2.05, 4.69) is 4.74 Å². The van der Waals surface area contributed by atoms with Crippen LogP contribution >= 0.6 is 0 Å². The molecule has 0 saturated heterocycles. The first-order valence-corrected chi connectivity index (χ1v) is 5.48. The van der Waals surface area contributed by atoms with Gasteiger partial charge in [-0.2, -0.15) is 8.78 Å². The molecule has 0 aliphatic heterocycles. The molecule has 1 atom stereocenters. The minimum atomic E-state index is -3.02. The molecule has 0 radical (unpaired) electrons. The van der Waals surface area contributed by atoms with E-state index in [0.717, 1.165) is 12.1 Å². The second-order valence-electron chi connectivity index (χ2n) is 3.69. The van der Waals surface area contributed by atoms with Gasteiger partial charge < -0.3 is 19.9 Å². The highest BCUT2D eigenvalue weighted by atomic mass is 19.3. The van der Waals surface area contributed by atoms with Crippen LogP contribution in [-0.2, 0) is 9.53 Å². The van der Waals surface area contributed by atoms with Crippen molar-refractivity contribution in [2.24, 2.45) is 5.73 Å². The number of amides is 1. The maximum atomic E-state index is 12.1. The van der Waals surface area contributed by atoms with E-state index in [4.69, 9.17) is 15.2 Å². The van der Waals surface area contributed by atoms with Crippen molar-refractivity contribution in [1.82, 2.24) is 0 Å². The van der Waals surface area contributed by atoms with Gasteiger partial charge in [0.1, 0.15) is 0 Å². The lowest BCUT2D eigenvalue weighted by Gasteiger charge is -2.12. The van der Waals surface area contributed by atoms with E-state index in [1.165, 1.54) is 20.1 Å². The SMILES string of the molecule is COc1cc(C(=O)O[C@H](C)C(N)=O)ccc1OC(F)F. The van der Waals surface area contributed by atoms with Crippen molar-refractivity contribution in [3.63, 3.8) is 0 Å². The zero-order valence-electron chi connectivity index (χ0n) is 10.8. The van der Waals surface area contributed by atoms with Crippen LogP contribution in [0.15, 0.2) is 18.2 Å². The first kappa shape index (κ1) is 15.7. The Morgan fingerprint density at radius 3 is 2.40 bits per heavy atom. The van der Waals surface area contributed by atoms with Gasteiger partial charge in [-0.1, -0.05) is 0 Å². The molecule has 1 rings (SSSR count). The largest absolute Gasteiger partial charge is 0.493 e. The number of hydrogen-bond acceptors (Lipinski definition) is 5. The molecule has 1 aromatic carbocycles. The summed E-state index contributed by atoms with van der Waals surface area (Å²) in [6, 6.07) is 3.50. The monoisotopic (exact) mass is 289 g/mol. The van der Waals surface area contributed by atoms with Crippen molar-refractivity contribution in [3.8, 4) is 11.5 Å². The summed E-state index contributed by atoms with van der Waals surface area (Å²) < 4.78 is 38.1. The number of halogens is 2. The number of carbonyl (C=O) groups excluding carboxylic acids is 2. The van der Waals surface area contributed by atoms with Crippen LogP contribution in [0.4, 0.5) is 8.78 Å². The Labute approximate surface area is 113 Å². The van der Waals surface area contributed by atoms with Crippen molar-refractivity contribution in [1.29, 1.82) is 0 Å². The van der Waals surface area contributed by atoms with Crippen LogP contribution in [0.25, 0.3) is 0 Å². The minimum absolute atomic E-state index is 0.0107. The van der Waals surface area contributed by atoms with Gasteiger partial charge in [-0.3, -0.25) is 4.79 Å². The summed E-state index contributed by atoms with van der Waals surface area (Å²) in [5.74, 6) is -1.92. The van der Waals surface area contributed by atoms with Crippen LogP contribution < -0.4 is 15.2 Å². The molecule has 6 nitrogen and oxygen atoms in total. The summed E-state index contributed by atoms with van der Waals surface area (Å²) in [5, 5.41) is 0. The molecule has 0 aromatic heterocycles. The van der Waals surface area contributed by atoms with Gasteiger partial charge in [0.25, 0.3) is 5.91 Å². The lowest BCUT2D eigenvalue weighted by molar-refractivity contribution is -0.125. The number of esters is 1. The fourth-order valence-electron chi connectivity index (χ4n) is 1.27. The Hall–Kier alpha value is -2.38. The number of benzene rings is 1. The van der Waals surface area contributed by atoms with E-state index in [1.807, 2.05) is 0 Å². The lowest BCUT2D eigenvalue weighted by Crippen LogP contribution is -2.30. The second kappa shape index (κ2) is 6.69. The van der Waals surface area contributed by atoms with E-state index in [1.54, 1.807) is 0 Å². The maximum absolute atomic E-state index is 12.1. The highest BCUT2D eigenvalue weighted by Gasteiger charge is 2.18. The number of carbonyl (C=O) groups is 2. The van der Waals surface area contributed by atoms with Gasteiger partial charge in [0.15, 0.2) is 17.6 Å². The summed E-state index contributed by atoms with van der Waals surface area (Å²) >= 11 is 0. The van der Waals surface area contributed by atoms with Crippen molar-refractivity contribution in [2.45, 2.75) is 19.6 Å². The van der Waals surface area contributed by atoms with Gasteiger partial charge >= 0.3 is 12.6 Å². The molecule has 1 aromatic rings. The molecule has 0 unspecified atom stereocenters. The third kappa shape index (κ3) is 4.08. The predicted octanol–water partition coefficient (Wildman–Crippen LogP) is 1.33. The van der Waals surface area contributed by atoms with Crippen LogP contribution in [0.2, 0.25) is 0 Å². The zero-order chi connectivity index (χ0) is 15.3. The van der Waals surface area contributed by atoms with Gasteiger partial charge in [0.05, 0.1) is 12.7 Å². The number of hydrogen-bond donors (Lipinski definition) is 1. The normalized spacial score (nSPS) is 11.8. The molecule has 110 valence electrons. The van der Waals surface area contributed by atoms with Crippen molar-refractivity contribution in [3.05, 3.63) is 23.8 Å². The Morgan fingerprint density at radius 2 is 1.90 bits per heavy atom. The second-order valence-corrected chi connectivity index (χ2v) is 3.69. The average molecular weight is 289 g/mol. The quantitative estimate of drug-likeness (QED) is 0.798. The fraction of sp³-hybridized carbons (Fsp3) is 0.333. The average Bonchev–Trinajstić information content (AvgIpc) is 2.38. The van der Waals surface area contributed by atoms with Gasteiger partial charge in [-0.25, -0.2) is 4.79 Å². The Bertz CT molecular complexity index is 507. The van der Waals surface area contributed by atoms with E-state index in [0.29, 0.717) is 0 Å². The standard InChI is InChI=1S/C12H13F2NO5/c1-6(10(15)16)19-11(17)7-3-4-8(20-12(13)14)9(5-7)18-2/h3-6,12H,1-2H3,(H2,15,16)/t6-/m1/s1. The first-order valence-electron chi connectivity index (χ1n) is 5.48. The van der Waals surface area contributed by atoms with Crippen LogP contribution in [0, 0.1) is 0 Å². The third-order valence-corrected chi connectivity index (χ3v) is 2.30. The van der Waals surface area contributed by atoms with E-state index in [9.17, 15) is 18.4 Å². The molecule has 1 amide bonds. The predicted molar refractivity (Wildman–Crippen MR) is 63.7 cm³/mol. The summed E-state index contributed by atoms with van der Waals surface area (Å²) in [7, 11) is 1.23. The van der Waals surface area contributed by atoms with Gasteiger partial charge in [0.2, 0.25) is 0 Å². The Morgan fingerprint density at radius 1 is 1.25 bits per heavy atom. The fourth-order valence-corrected chi connectivity index (χ4v) is 1.27. The summed E-state index contributed by atoms with van der Waals surface area (Å²) in [6.45, 7) is -1.71. The number of methoxy groups -OCH3 is 1. The molecule has 0 aliphatic carbocycles.